The number of carbonyl (C=O) groups is 2. The van der Waals surface area contributed by atoms with E-state index in [9.17, 15) is 14.4 Å². The van der Waals surface area contributed by atoms with Gasteiger partial charge < -0.3 is 14.3 Å². The highest BCUT2D eigenvalue weighted by atomic mass is 32.1. The van der Waals surface area contributed by atoms with Crippen molar-refractivity contribution in [3.63, 3.8) is 0 Å². The molecule has 0 fully saturated rings. The number of carboxylic acids is 1. The predicted molar refractivity (Wildman–Crippen MR) is 58.9 cm³/mol. The Balaban J connectivity index is 2.72. The summed E-state index contributed by atoms with van der Waals surface area (Å²) in [6.45, 7) is 0. The third kappa shape index (κ3) is 1.92. The van der Waals surface area contributed by atoms with Crippen LogP contribution in [0.2, 0.25) is 0 Å². The Morgan fingerprint density at radius 2 is 2.12 bits per heavy atom. The molecule has 0 radical (unpaired) electrons. The third-order valence-corrected chi connectivity index (χ3v) is 2.88. The van der Waals surface area contributed by atoms with Crippen LogP contribution in [0, 0.1) is 0 Å². The number of fused-ring (bicyclic) bond motifs is 1. The lowest BCUT2D eigenvalue weighted by atomic mass is 10.1. The van der Waals surface area contributed by atoms with Crippen LogP contribution in [0.4, 0.5) is 0 Å². The number of carboxylic acid groups (broad SMARTS) is 1. The van der Waals surface area contributed by atoms with Gasteiger partial charge in [0.25, 0.3) is 5.78 Å². The maximum absolute atomic E-state index is 11.4. The van der Waals surface area contributed by atoms with Gasteiger partial charge in [-0.05, 0) is 6.07 Å². The smallest absolute Gasteiger partial charge is 0.396 e. The molecule has 0 saturated heterocycles. The van der Waals surface area contributed by atoms with Crippen molar-refractivity contribution in [3.8, 4) is 5.75 Å². The Morgan fingerprint density at radius 3 is 2.71 bits per heavy atom. The van der Waals surface area contributed by atoms with Crippen LogP contribution in [-0.4, -0.2) is 24.0 Å². The second-order valence-corrected chi connectivity index (χ2v) is 4.06. The zero-order chi connectivity index (χ0) is 12.6. The van der Waals surface area contributed by atoms with Crippen LogP contribution in [0.5, 0.6) is 5.75 Å². The predicted octanol–water partition coefficient (Wildman–Crippen LogP) is 1.13. The lowest BCUT2D eigenvalue weighted by Gasteiger charge is -2.04. The molecule has 0 aliphatic heterocycles. The first kappa shape index (κ1) is 11.3. The van der Waals surface area contributed by atoms with Crippen molar-refractivity contribution >= 4 is 33.4 Å². The van der Waals surface area contributed by atoms with Crippen molar-refractivity contribution in [2.24, 2.45) is 0 Å². The molecule has 0 unspecified atom stereocenters. The van der Waals surface area contributed by atoms with Gasteiger partial charge >= 0.3 is 10.9 Å². The highest BCUT2D eigenvalue weighted by Crippen LogP contribution is 2.27. The number of ether oxygens (including phenoxy) is 1. The van der Waals surface area contributed by atoms with Crippen LogP contribution in [0.25, 0.3) is 10.3 Å². The van der Waals surface area contributed by atoms with E-state index < -0.39 is 16.7 Å². The van der Waals surface area contributed by atoms with E-state index in [1.165, 1.54) is 19.2 Å². The first-order chi connectivity index (χ1) is 8.02. The Morgan fingerprint density at radius 1 is 1.41 bits per heavy atom. The Kier molecular flexibility index (Phi) is 2.68. The molecule has 1 heterocycles. The number of ketones is 1. The summed E-state index contributed by atoms with van der Waals surface area (Å²) in [7, 11) is 1.31. The van der Waals surface area contributed by atoms with E-state index >= 15 is 0 Å². The quantitative estimate of drug-likeness (QED) is 0.651. The second kappa shape index (κ2) is 4.02. The zero-order valence-electron chi connectivity index (χ0n) is 8.55. The van der Waals surface area contributed by atoms with Gasteiger partial charge in [-0.1, -0.05) is 11.3 Å². The summed E-state index contributed by atoms with van der Waals surface area (Å²) in [4.78, 5) is 32.5. The van der Waals surface area contributed by atoms with E-state index in [2.05, 4.69) is 0 Å². The SMILES string of the molecule is COc1cc2sc(=O)oc2cc1C(=O)C(=O)O. The summed E-state index contributed by atoms with van der Waals surface area (Å²) in [5.41, 5.74) is 0.0273. The molecule has 1 N–H and O–H groups in total. The lowest BCUT2D eigenvalue weighted by molar-refractivity contribution is -0.131. The molecule has 1 aromatic carbocycles. The van der Waals surface area contributed by atoms with E-state index in [0.717, 1.165) is 11.3 Å². The van der Waals surface area contributed by atoms with E-state index in [1.54, 1.807) is 0 Å². The van der Waals surface area contributed by atoms with E-state index in [1.807, 2.05) is 0 Å². The monoisotopic (exact) mass is 254 g/mol. The fraction of sp³-hybridized carbons (Fsp3) is 0.100. The molecule has 0 spiro atoms. The van der Waals surface area contributed by atoms with Crippen molar-refractivity contribution in [2.75, 3.05) is 7.11 Å². The van der Waals surface area contributed by atoms with Crippen molar-refractivity contribution in [1.29, 1.82) is 0 Å². The summed E-state index contributed by atoms with van der Waals surface area (Å²) >= 11 is 0.850. The Labute approximate surface area is 98.0 Å². The van der Waals surface area contributed by atoms with Gasteiger partial charge in [-0.3, -0.25) is 4.79 Å². The summed E-state index contributed by atoms with van der Waals surface area (Å²) in [6.07, 6.45) is 0. The van der Waals surface area contributed by atoms with Gasteiger partial charge in [-0.2, -0.15) is 0 Å². The van der Waals surface area contributed by atoms with Crippen LogP contribution in [0.3, 0.4) is 0 Å². The topological polar surface area (TPSA) is 93.8 Å². The fourth-order valence-electron chi connectivity index (χ4n) is 1.36. The molecule has 88 valence electrons. The Hall–Kier alpha value is -2.15. The molecule has 0 saturated carbocycles. The number of hydrogen-bond donors (Lipinski definition) is 1. The summed E-state index contributed by atoms with van der Waals surface area (Å²) in [6, 6.07) is 2.60. The molecule has 0 atom stereocenters. The van der Waals surface area contributed by atoms with Crippen LogP contribution in [0.15, 0.2) is 21.3 Å². The van der Waals surface area contributed by atoms with E-state index in [4.69, 9.17) is 14.3 Å². The number of aliphatic carboxylic acids is 1. The van der Waals surface area contributed by atoms with Crippen LogP contribution in [0.1, 0.15) is 10.4 Å². The molecule has 17 heavy (non-hydrogen) atoms. The minimum Gasteiger partial charge on any atom is -0.496 e. The van der Waals surface area contributed by atoms with Crippen molar-refractivity contribution < 1.29 is 23.8 Å². The summed E-state index contributed by atoms with van der Waals surface area (Å²) in [5, 5.41) is 8.64. The number of methoxy groups -OCH3 is 1. The maximum Gasteiger partial charge on any atom is 0.396 e. The van der Waals surface area contributed by atoms with Gasteiger partial charge in [0.15, 0.2) is 5.58 Å². The van der Waals surface area contributed by atoms with Gasteiger partial charge in [0, 0.05) is 6.07 Å². The zero-order valence-corrected chi connectivity index (χ0v) is 9.37. The molecule has 7 heteroatoms. The van der Waals surface area contributed by atoms with Crippen molar-refractivity contribution in [2.45, 2.75) is 0 Å². The van der Waals surface area contributed by atoms with E-state index in [0.29, 0.717) is 4.70 Å². The normalized spacial score (nSPS) is 10.4. The molecule has 0 amide bonds. The number of carbonyl (C=O) groups excluding carboxylic acids is 1. The van der Waals surface area contributed by atoms with Crippen LogP contribution >= 0.6 is 11.3 Å². The van der Waals surface area contributed by atoms with Crippen molar-refractivity contribution in [3.05, 3.63) is 27.4 Å². The number of rotatable bonds is 3. The minimum absolute atomic E-state index is 0.0990. The van der Waals surface area contributed by atoms with Gasteiger partial charge in [-0.25, -0.2) is 9.59 Å². The Bertz CT molecular complexity index is 665. The van der Waals surface area contributed by atoms with E-state index in [-0.39, 0.29) is 16.9 Å². The van der Waals surface area contributed by atoms with Crippen LogP contribution < -0.4 is 9.68 Å². The molecule has 0 bridgehead atoms. The number of Topliss-reactive ketones (excluding diaryl/α,β-unsaturated/α-hetero) is 1. The van der Waals surface area contributed by atoms with Crippen LogP contribution in [-0.2, 0) is 4.79 Å². The molecule has 0 aliphatic carbocycles. The highest BCUT2D eigenvalue weighted by molar-refractivity contribution is 7.16. The summed E-state index contributed by atoms with van der Waals surface area (Å²) < 4.78 is 10.2. The lowest BCUT2D eigenvalue weighted by Crippen LogP contribution is -2.13. The molecule has 0 aliphatic rings. The molecule has 2 rings (SSSR count). The van der Waals surface area contributed by atoms with Gasteiger partial charge in [-0.15, -0.1) is 0 Å². The number of hydrogen-bond acceptors (Lipinski definition) is 6. The average Bonchev–Trinajstić information content (AvgIpc) is 2.65. The summed E-state index contributed by atoms with van der Waals surface area (Å²) in [5.74, 6) is -2.61. The molecule has 6 nitrogen and oxygen atoms in total. The first-order valence-electron chi connectivity index (χ1n) is 4.42. The highest BCUT2D eigenvalue weighted by Gasteiger charge is 2.21. The first-order valence-corrected chi connectivity index (χ1v) is 5.24. The second-order valence-electron chi connectivity index (χ2n) is 3.09. The number of benzene rings is 1. The third-order valence-electron chi connectivity index (χ3n) is 2.09. The fourth-order valence-corrected chi connectivity index (χ4v) is 2.04. The van der Waals surface area contributed by atoms with Crippen molar-refractivity contribution in [1.82, 2.24) is 0 Å². The van der Waals surface area contributed by atoms with Gasteiger partial charge in [0.05, 0.1) is 17.4 Å². The van der Waals surface area contributed by atoms with Gasteiger partial charge in [0.2, 0.25) is 0 Å². The van der Waals surface area contributed by atoms with Gasteiger partial charge in [0.1, 0.15) is 5.75 Å². The molecule has 2 aromatic rings. The minimum atomic E-state index is -1.60. The molecular formula is C10H6O6S. The molecule has 1 aromatic heterocycles. The largest absolute Gasteiger partial charge is 0.496 e. The maximum atomic E-state index is 11.4. The standard InChI is InChI=1S/C10H6O6S/c1-15-5-3-7-6(16-10(14)17-7)2-4(5)8(11)9(12)13/h2-3H,1H3,(H,12,13). The molecular weight excluding hydrogens is 248 g/mol. The average molecular weight is 254 g/mol.